The fourth-order valence-electron chi connectivity index (χ4n) is 2.09. The van der Waals surface area contributed by atoms with Gasteiger partial charge in [-0.25, -0.2) is 9.82 Å². The van der Waals surface area contributed by atoms with Crippen molar-refractivity contribution < 1.29 is 9.13 Å². The number of methoxy groups -OCH3 is 1. The van der Waals surface area contributed by atoms with E-state index in [2.05, 4.69) is 5.43 Å². The number of hydrogen-bond donors (Lipinski definition) is 2. The summed E-state index contributed by atoms with van der Waals surface area (Å²) in [6.07, 6.45) is 0. The highest BCUT2D eigenvalue weighted by Gasteiger charge is 2.14. The Morgan fingerprint density at radius 2 is 1.89 bits per heavy atom. The summed E-state index contributed by atoms with van der Waals surface area (Å²) in [5.41, 5.74) is 5.78. The lowest BCUT2D eigenvalue weighted by Crippen LogP contribution is -2.28. The van der Waals surface area contributed by atoms with Crippen LogP contribution in [0.4, 0.5) is 4.39 Å². The number of hydrazine groups is 1. The smallest absolute Gasteiger partial charge is 0.165 e. The van der Waals surface area contributed by atoms with E-state index < -0.39 is 0 Å². The number of aryl methyl sites for hydroxylation is 1. The second kappa shape index (κ2) is 5.82. The zero-order chi connectivity index (χ0) is 13.8. The largest absolute Gasteiger partial charge is 0.494 e. The summed E-state index contributed by atoms with van der Waals surface area (Å²) in [5.74, 6) is 5.46. The summed E-state index contributed by atoms with van der Waals surface area (Å²) in [7, 11) is 1.44. The normalized spacial score (nSPS) is 12.2. The van der Waals surface area contributed by atoms with Crippen LogP contribution < -0.4 is 16.0 Å². The Bertz CT molecular complexity index is 572. The molecule has 0 aliphatic rings. The Hall–Kier alpha value is -1.91. The molecule has 2 aromatic carbocycles. The number of nitrogens with one attached hydrogen (secondary N) is 1. The minimum absolute atomic E-state index is 0.200. The van der Waals surface area contributed by atoms with E-state index in [9.17, 15) is 4.39 Å². The van der Waals surface area contributed by atoms with Crippen molar-refractivity contribution in [2.24, 2.45) is 5.84 Å². The van der Waals surface area contributed by atoms with E-state index in [1.165, 1.54) is 13.2 Å². The fourth-order valence-corrected chi connectivity index (χ4v) is 2.09. The van der Waals surface area contributed by atoms with E-state index in [4.69, 9.17) is 10.6 Å². The van der Waals surface area contributed by atoms with E-state index in [-0.39, 0.29) is 17.6 Å². The molecule has 0 saturated heterocycles. The number of benzene rings is 2. The maximum Gasteiger partial charge on any atom is 0.165 e. The van der Waals surface area contributed by atoms with E-state index in [1.807, 2.05) is 31.2 Å². The Balaban J connectivity index is 2.42. The first kappa shape index (κ1) is 13.5. The van der Waals surface area contributed by atoms with Crippen molar-refractivity contribution in [3.8, 4) is 5.75 Å². The van der Waals surface area contributed by atoms with Crippen LogP contribution in [0.15, 0.2) is 42.5 Å². The summed E-state index contributed by atoms with van der Waals surface area (Å²) < 4.78 is 18.4. The maximum atomic E-state index is 13.4. The molecule has 2 aromatic rings. The third-order valence-electron chi connectivity index (χ3n) is 3.05. The number of rotatable bonds is 4. The van der Waals surface area contributed by atoms with Gasteiger partial charge in [-0.3, -0.25) is 5.84 Å². The molecule has 1 atom stereocenters. The summed E-state index contributed by atoms with van der Waals surface area (Å²) in [6.45, 7) is 2.02. The molecule has 3 nitrogen and oxygen atoms in total. The van der Waals surface area contributed by atoms with Crippen LogP contribution in [-0.2, 0) is 0 Å². The van der Waals surface area contributed by atoms with Crippen molar-refractivity contribution >= 4 is 0 Å². The maximum absolute atomic E-state index is 13.4. The van der Waals surface area contributed by atoms with Crippen LogP contribution in [0.25, 0.3) is 0 Å². The van der Waals surface area contributed by atoms with Gasteiger partial charge in [-0.2, -0.15) is 0 Å². The number of halogens is 1. The first-order valence-electron chi connectivity index (χ1n) is 6.02. The summed E-state index contributed by atoms with van der Waals surface area (Å²) in [6, 6.07) is 12.5. The van der Waals surface area contributed by atoms with Crippen LogP contribution in [0.5, 0.6) is 5.75 Å². The van der Waals surface area contributed by atoms with Crippen molar-refractivity contribution in [3.63, 3.8) is 0 Å². The van der Waals surface area contributed by atoms with Crippen molar-refractivity contribution in [2.45, 2.75) is 13.0 Å². The lowest BCUT2D eigenvalue weighted by Gasteiger charge is -2.18. The molecule has 0 heterocycles. The molecule has 0 fully saturated rings. The molecule has 0 bridgehead atoms. The number of nitrogens with two attached hydrogens (primary N) is 1. The highest BCUT2D eigenvalue weighted by molar-refractivity contribution is 5.38. The molecule has 0 aromatic heterocycles. The molecule has 0 amide bonds. The Morgan fingerprint density at radius 3 is 2.53 bits per heavy atom. The van der Waals surface area contributed by atoms with E-state index in [0.717, 1.165) is 16.7 Å². The average molecular weight is 260 g/mol. The molecule has 0 radical (unpaired) electrons. The van der Waals surface area contributed by atoms with Crippen LogP contribution in [0.3, 0.4) is 0 Å². The second-order valence-electron chi connectivity index (χ2n) is 4.41. The van der Waals surface area contributed by atoms with Gasteiger partial charge in [-0.1, -0.05) is 35.9 Å². The lowest BCUT2D eigenvalue weighted by atomic mass is 9.97. The van der Waals surface area contributed by atoms with Crippen LogP contribution in [0.2, 0.25) is 0 Å². The average Bonchev–Trinajstić information content (AvgIpc) is 2.41. The van der Waals surface area contributed by atoms with Gasteiger partial charge >= 0.3 is 0 Å². The van der Waals surface area contributed by atoms with Crippen LogP contribution >= 0.6 is 0 Å². The van der Waals surface area contributed by atoms with Crippen LogP contribution in [-0.4, -0.2) is 7.11 Å². The second-order valence-corrected chi connectivity index (χ2v) is 4.41. The van der Waals surface area contributed by atoms with Gasteiger partial charge in [0.2, 0.25) is 0 Å². The van der Waals surface area contributed by atoms with E-state index >= 15 is 0 Å². The molecule has 0 saturated carbocycles. The minimum Gasteiger partial charge on any atom is -0.494 e. The van der Waals surface area contributed by atoms with E-state index in [0.29, 0.717) is 0 Å². The molecule has 0 aliphatic carbocycles. The van der Waals surface area contributed by atoms with Crippen LogP contribution in [0.1, 0.15) is 22.7 Å². The third-order valence-corrected chi connectivity index (χ3v) is 3.05. The quantitative estimate of drug-likeness (QED) is 0.656. The molecular formula is C15H17FN2O. The Kier molecular flexibility index (Phi) is 4.14. The molecule has 2 rings (SSSR count). The van der Waals surface area contributed by atoms with E-state index in [1.54, 1.807) is 12.1 Å². The highest BCUT2D eigenvalue weighted by Crippen LogP contribution is 2.27. The lowest BCUT2D eigenvalue weighted by molar-refractivity contribution is 0.385. The van der Waals surface area contributed by atoms with Crippen molar-refractivity contribution in [1.29, 1.82) is 0 Å². The van der Waals surface area contributed by atoms with Crippen molar-refractivity contribution in [1.82, 2.24) is 5.43 Å². The van der Waals surface area contributed by atoms with Gasteiger partial charge in [0, 0.05) is 0 Å². The number of ether oxygens (including phenoxy) is 1. The van der Waals surface area contributed by atoms with Crippen LogP contribution in [0, 0.1) is 12.7 Å². The predicted molar refractivity (Wildman–Crippen MR) is 73.3 cm³/mol. The molecule has 0 spiro atoms. The monoisotopic (exact) mass is 260 g/mol. The van der Waals surface area contributed by atoms with Gasteiger partial charge in [-0.15, -0.1) is 0 Å². The summed E-state index contributed by atoms with van der Waals surface area (Å²) in [4.78, 5) is 0. The zero-order valence-electron chi connectivity index (χ0n) is 11.0. The molecule has 19 heavy (non-hydrogen) atoms. The Labute approximate surface area is 112 Å². The molecule has 100 valence electrons. The number of hydrogen-bond acceptors (Lipinski definition) is 3. The zero-order valence-corrected chi connectivity index (χ0v) is 11.0. The first-order valence-corrected chi connectivity index (χ1v) is 6.02. The fraction of sp³-hybridized carbons (Fsp3) is 0.200. The molecule has 0 aliphatic heterocycles. The predicted octanol–water partition coefficient (Wildman–Crippen LogP) is 2.70. The van der Waals surface area contributed by atoms with Gasteiger partial charge in [0.15, 0.2) is 11.6 Å². The first-order chi connectivity index (χ1) is 9.15. The molecule has 3 N–H and O–H groups in total. The topological polar surface area (TPSA) is 47.3 Å². The summed E-state index contributed by atoms with van der Waals surface area (Å²) >= 11 is 0. The summed E-state index contributed by atoms with van der Waals surface area (Å²) in [5, 5.41) is 0. The standard InChI is InChI=1S/C15H17FN2O/c1-10-4-3-5-11(8-10)15(18-17)12-6-7-13(16)14(9-12)19-2/h3-9,15,18H,17H2,1-2H3. The van der Waals surface area contributed by atoms with Gasteiger partial charge in [0.25, 0.3) is 0 Å². The molecular weight excluding hydrogens is 243 g/mol. The van der Waals surface area contributed by atoms with Crippen molar-refractivity contribution in [3.05, 3.63) is 65.0 Å². The van der Waals surface area contributed by atoms with Crippen molar-refractivity contribution in [2.75, 3.05) is 7.11 Å². The SMILES string of the molecule is COc1cc(C(NN)c2cccc(C)c2)ccc1F. The molecule has 1 unspecified atom stereocenters. The van der Waals surface area contributed by atoms with Gasteiger partial charge < -0.3 is 4.74 Å². The van der Waals surface area contributed by atoms with Gasteiger partial charge in [0.1, 0.15) is 0 Å². The molecule has 4 heteroatoms. The van der Waals surface area contributed by atoms with Gasteiger partial charge in [-0.05, 0) is 30.2 Å². The highest BCUT2D eigenvalue weighted by atomic mass is 19.1. The Morgan fingerprint density at radius 1 is 1.16 bits per heavy atom. The van der Waals surface area contributed by atoms with Gasteiger partial charge in [0.05, 0.1) is 13.2 Å². The third kappa shape index (κ3) is 2.92. The minimum atomic E-state index is -0.383.